The van der Waals surface area contributed by atoms with Crippen LogP contribution in [0.5, 0.6) is 11.5 Å². The number of carbonyl (C=O) groups excluding carboxylic acids is 4. The van der Waals surface area contributed by atoms with E-state index in [1.54, 1.807) is 31.2 Å². The molecule has 1 amide bonds. The molecular weight excluding hydrogens is 438 g/mol. The van der Waals surface area contributed by atoms with Crippen LogP contribution in [0, 0.1) is 0 Å². The Labute approximate surface area is 194 Å². The van der Waals surface area contributed by atoms with E-state index in [2.05, 4.69) is 5.32 Å². The van der Waals surface area contributed by atoms with E-state index < -0.39 is 35.2 Å². The van der Waals surface area contributed by atoms with Crippen LogP contribution in [0.1, 0.15) is 54.7 Å². The van der Waals surface area contributed by atoms with Gasteiger partial charge in [-0.3, -0.25) is 14.4 Å². The molecule has 34 heavy (non-hydrogen) atoms. The lowest BCUT2D eigenvalue weighted by Crippen LogP contribution is -2.43. The number of rotatable bonds is 6. The number of nitrogens with one attached hydrogen (secondary N) is 1. The number of aromatic hydroxyl groups is 2. The Balaban J connectivity index is 1.67. The highest BCUT2D eigenvalue weighted by atomic mass is 16.5. The molecule has 8 nitrogen and oxygen atoms in total. The maximum absolute atomic E-state index is 13.0. The second-order valence-electron chi connectivity index (χ2n) is 7.74. The topological polar surface area (TPSA) is 130 Å². The summed E-state index contributed by atoms with van der Waals surface area (Å²) in [5.74, 6) is -3.64. The van der Waals surface area contributed by atoms with Gasteiger partial charge in [0, 0.05) is 23.1 Å². The number of amides is 1. The lowest BCUT2D eigenvalue weighted by molar-refractivity contribution is -0.145. The number of ketones is 2. The molecule has 0 saturated heterocycles. The number of hydrogen-bond acceptors (Lipinski definition) is 7. The summed E-state index contributed by atoms with van der Waals surface area (Å²) in [7, 11) is 0. The SMILES string of the molecule is CCOC(=O)C(Cc1ccccc1)NC(=O)c1cc(O)c2c(c1)C(=O)c1cccc(O)c1C2=O. The van der Waals surface area contributed by atoms with Gasteiger partial charge in [0.25, 0.3) is 5.91 Å². The van der Waals surface area contributed by atoms with E-state index in [-0.39, 0.29) is 46.6 Å². The van der Waals surface area contributed by atoms with Crippen molar-refractivity contribution in [2.75, 3.05) is 6.61 Å². The van der Waals surface area contributed by atoms with Crippen LogP contribution < -0.4 is 5.32 Å². The van der Waals surface area contributed by atoms with Crippen molar-refractivity contribution >= 4 is 23.4 Å². The molecule has 0 bridgehead atoms. The van der Waals surface area contributed by atoms with Crippen molar-refractivity contribution in [3.8, 4) is 11.5 Å². The minimum atomic E-state index is -1.01. The van der Waals surface area contributed by atoms with Gasteiger partial charge in [-0.25, -0.2) is 4.79 Å². The predicted molar refractivity (Wildman–Crippen MR) is 121 cm³/mol. The maximum atomic E-state index is 13.0. The molecule has 172 valence electrons. The van der Waals surface area contributed by atoms with Gasteiger partial charge in [0.1, 0.15) is 17.5 Å². The molecule has 0 heterocycles. The summed E-state index contributed by atoms with van der Waals surface area (Å²) in [5.41, 5.74) is 0.0149. The zero-order valence-corrected chi connectivity index (χ0v) is 18.2. The summed E-state index contributed by atoms with van der Waals surface area (Å²) >= 11 is 0. The van der Waals surface area contributed by atoms with Gasteiger partial charge in [-0.2, -0.15) is 0 Å². The van der Waals surface area contributed by atoms with Crippen LogP contribution in [0.4, 0.5) is 0 Å². The Morgan fingerprint density at radius 3 is 2.29 bits per heavy atom. The summed E-state index contributed by atoms with van der Waals surface area (Å²) in [5, 5.41) is 23.2. The van der Waals surface area contributed by atoms with Crippen molar-refractivity contribution < 1.29 is 34.1 Å². The van der Waals surface area contributed by atoms with Gasteiger partial charge in [-0.1, -0.05) is 42.5 Å². The quantitative estimate of drug-likeness (QED) is 0.378. The highest BCUT2D eigenvalue weighted by Gasteiger charge is 2.35. The summed E-state index contributed by atoms with van der Waals surface area (Å²) < 4.78 is 5.08. The van der Waals surface area contributed by atoms with E-state index in [4.69, 9.17) is 4.74 Å². The highest BCUT2D eigenvalue weighted by molar-refractivity contribution is 6.30. The van der Waals surface area contributed by atoms with Gasteiger partial charge in [-0.15, -0.1) is 0 Å². The number of phenols is 2. The van der Waals surface area contributed by atoms with Gasteiger partial charge >= 0.3 is 5.97 Å². The van der Waals surface area contributed by atoms with E-state index in [1.165, 1.54) is 24.3 Å². The zero-order valence-electron chi connectivity index (χ0n) is 18.2. The first-order valence-corrected chi connectivity index (χ1v) is 10.6. The molecule has 0 fully saturated rings. The fourth-order valence-electron chi connectivity index (χ4n) is 3.94. The molecular formula is C26H21NO7. The molecule has 3 aromatic carbocycles. The molecule has 1 aliphatic carbocycles. The number of ether oxygens (including phenoxy) is 1. The summed E-state index contributed by atoms with van der Waals surface area (Å²) in [6, 6.07) is 14.4. The van der Waals surface area contributed by atoms with E-state index in [0.717, 1.165) is 11.6 Å². The Kier molecular flexibility index (Phi) is 6.14. The first-order chi connectivity index (χ1) is 16.3. The van der Waals surface area contributed by atoms with Crippen LogP contribution in [0.3, 0.4) is 0 Å². The molecule has 0 saturated carbocycles. The van der Waals surface area contributed by atoms with E-state index in [1.807, 2.05) is 6.07 Å². The average Bonchev–Trinajstić information content (AvgIpc) is 2.82. The Morgan fingerprint density at radius 2 is 1.59 bits per heavy atom. The number of esters is 1. The largest absolute Gasteiger partial charge is 0.507 e. The molecule has 1 unspecified atom stereocenters. The number of carbonyl (C=O) groups is 4. The van der Waals surface area contributed by atoms with Crippen LogP contribution in [0.2, 0.25) is 0 Å². The predicted octanol–water partition coefficient (Wildman–Crippen LogP) is 2.78. The average molecular weight is 459 g/mol. The lowest BCUT2D eigenvalue weighted by Gasteiger charge is -2.21. The van der Waals surface area contributed by atoms with Crippen molar-refractivity contribution in [2.24, 2.45) is 0 Å². The Hall–Kier alpha value is -4.46. The van der Waals surface area contributed by atoms with Crippen LogP contribution in [0.15, 0.2) is 60.7 Å². The summed E-state index contributed by atoms with van der Waals surface area (Å²) in [6.07, 6.45) is 0.173. The molecule has 1 atom stereocenters. The lowest BCUT2D eigenvalue weighted by atomic mass is 9.82. The van der Waals surface area contributed by atoms with Crippen LogP contribution in [-0.2, 0) is 16.0 Å². The van der Waals surface area contributed by atoms with Gasteiger partial charge in [0.05, 0.1) is 17.7 Å². The first kappa shape index (κ1) is 22.7. The van der Waals surface area contributed by atoms with Crippen LogP contribution in [-0.4, -0.2) is 46.3 Å². The molecule has 3 N–H and O–H groups in total. The minimum absolute atomic E-state index is 0.0251. The first-order valence-electron chi connectivity index (χ1n) is 10.6. The zero-order chi connectivity index (χ0) is 24.4. The monoisotopic (exact) mass is 459 g/mol. The molecule has 0 aromatic heterocycles. The van der Waals surface area contributed by atoms with Crippen molar-refractivity contribution in [1.82, 2.24) is 5.32 Å². The number of hydrogen-bond donors (Lipinski definition) is 3. The number of fused-ring (bicyclic) bond motifs is 2. The molecule has 1 aliphatic rings. The van der Waals surface area contributed by atoms with Crippen molar-refractivity contribution in [3.63, 3.8) is 0 Å². The third-order valence-electron chi connectivity index (χ3n) is 5.52. The fraction of sp³-hybridized carbons (Fsp3) is 0.154. The van der Waals surface area contributed by atoms with Crippen molar-refractivity contribution in [3.05, 3.63) is 94.0 Å². The molecule has 0 aliphatic heterocycles. The third-order valence-corrected chi connectivity index (χ3v) is 5.52. The highest BCUT2D eigenvalue weighted by Crippen LogP contribution is 2.37. The molecule has 3 aromatic rings. The van der Waals surface area contributed by atoms with E-state index in [9.17, 15) is 29.4 Å². The smallest absolute Gasteiger partial charge is 0.328 e. The number of phenolic OH excluding ortho intramolecular Hbond substituents is 2. The maximum Gasteiger partial charge on any atom is 0.328 e. The molecule has 0 radical (unpaired) electrons. The van der Waals surface area contributed by atoms with Gasteiger partial charge in [-0.05, 0) is 30.7 Å². The van der Waals surface area contributed by atoms with Crippen LogP contribution in [0.25, 0.3) is 0 Å². The standard InChI is InChI=1S/C26H21NO7/c1-2-34-26(33)18(11-14-7-4-3-5-8-14)27-25(32)15-12-17-22(20(29)13-15)24(31)21-16(23(17)30)9-6-10-19(21)28/h3-10,12-13,18,28-29H,2,11H2,1H3,(H,27,32). The molecule has 8 heteroatoms. The van der Waals surface area contributed by atoms with E-state index in [0.29, 0.717) is 0 Å². The minimum Gasteiger partial charge on any atom is -0.507 e. The fourth-order valence-corrected chi connectivity index (χ4v) is 3.94. The Morgan fingerprint density at radius 1 is 0.882 bits per heavy atom. The molecule has 4 rings (SSSR count). The van der Waals surface area contributed by atoms with Gasteiger partial charge < -0.3 is 20.3 Å². The van der Waals surface area contributed by atoms with Crippen molar-refractivity contribution in [1.29, 1.82) is 0 Å². The van der Waals surface area contributed by atoms with E-state index >= 15 is 0 Å². The normalized spacial score (nSPS) is 13.0. The van der Waals surface area contributed by atoms with Crippen molar-refractivity contribution in [2.45, 2.75) is 19.4 Å². The number of benzene rings is 3. The second kappa shape index (κ2) is 9.19. The Bertz CT molecular complexity index is 1310. The van der Waals surface area contributed by atoms with Gasteiger partial charge in [0.15, 0.2) is 5.78 Å². The summed E-state index contributed by atoms with van der Waals surface area (Å²) in [4.78, 5) is 51.4. The molecule has 0 spiro atoms. The van der Waals surface area contributed by atoms with Crippen LogP contribution >= 0.6 is 0 Å². The van der Waals surface area contributed by atoms with Gasteiger partial charge in [0.2, 0.25) is 5.78 Å². The third kappa shape index (κ3) is 4.13. The second-order valence-corrected chi connectivity index (χ2v) is 7.74. The summed E-state index contributed by atoms with van der Waals surface area (Å²) in [6.45, 7) is 1.78.